The van der Waals surface area contributed by atoms with Crippen LogP contribution >= 0.6 is 47.5 Å². The Morgan fingerprint density at radius 2 is 1.92 bits per heavy atom. The van der Waals surface area contributed by atoms with Crippen LogP contribution in [0.15, 0.2) is 23.0 Å². The van der Waals surface area contributed by atoms with Crippen molar-refractivity contribution < 1.29 is 4.79 Å². The molecule has 24 heavy (non-hydrogen) atoms. The van der Waals surface area contributed by atoms with Crippen LogP contribution in [-0.4, -0.2) is 42.0 Å². The first-order valence-corrected chi connectivity index (χ1v) is 9.55. The average molecular weight is 406 g/mol. The summed E-state index contributed by atoms with van der Waals surface area (Å²) in [7, 11) is 0. The molecular weight excluding hydrogens is 385 g/mol. The zero-order valence-corrected chi connectivity index (χ0v) is 16.4. The van der Waals surface area contributed by atoms with Gasteiger partial charge in [0.25, 0.3) is 5.91 Å². The molecule has 0 saturated carbocycles. The number of aromatic nitrogens is 1. The third kappa shape index (κ3) is 3.94. The number of carbonyl (C=O) groups is 1. The highest BCUT2D eigenvalue weighted by molar-refractivity contribution is 7.17. The molecule has 2 aliphatic rings. The van der Waals surface area contributed by atoms with Gasteiger partial charge in [0, 0.05) is 24.0 Å². The van der Waals surface area contributed by atoms with E-state index in [4.69, 9.17) is 0 Å². The minimum Gasteiger partial charge on any atom is -0.338 e. The van der Waals surface area contributed by atoms with Crippen LogP contribution < -0.4 is 5.32 Å². The van der Waals surface area contributed by atoms with Gasteiger partial charge in [-0.2, -0.15) is 11.3 Å². The van der Waals surface area contributed by atoms with Crippen molar-refractivity contribution in [3.05, 3.63) is 27.9 Å². The summed E-state index contributed by atoms with van der Waals surface area (Å²) < 4.78 is 0. The molecule has 8 heteroatoms. The minimum atomic E-state index is 0. The topological polar surface area (TPSA) is 45.2 Å². The molecule has 2 atom stereocenters. The van der Waals surface area contributed by atoms with Crippen LogP contribution in [0.2, 0.25) is 0 Å². The number of likely N-dealkylation sites (tertiary alicyclic amines) is 1. The van der Waals surface area contributed by atoms with E-state index in [1.807, 2.05) is 10.3 Å². The Kier molecular flexibility index (Phi) is 7.07. The summed E-state index contributed by atoms with van der Waals surface area (Å²) in [6.07, 6.45) is 3.99. The molecule has 1 N–H and O–H groups in total. The second-order valence-electron chi connectivity index (χ2n) is 6.09. The van der Waals surface area contributed by atoms with E-state index in [1.54, 1.807) is 17.5 Å². The molecule has 2 saturated heterocycles. The molecule has 4 rings (SSSR count). The molecule has 0 spiro atoms. The van der Waals surface area contributed by atoms with Crippen molar-refractivity contribution in [1.82, 2.24) is 15.2 Å². The molecule has 2 aromatic heterocycles. The number of nitrogens with zero attached hydrogens (tertiary/aromatic N) is 2. The van der Waals surface area contributed by atoms with Crippen LogP contribution in [0.5, 0.6) is 0 Å². The number of hydrogen-bond acceptors (Lipinski definition) is 5. The fourth-order valence-electron chi connectivity index (χ4n) is 3.47. The molecule has 1 amide bonds. The summed E-state index contributed by atoms with van der Waals surface area (Å²) >= 11 is 3.17. The Labute approximate surface area is 162 Å². The second-order valence-corrected chi connectivity index (χ2v) is 7.90. The molecule has 0 bridgehead atoms. The van der Waals surface area contributed by atoms with Crippen molar-refractivity contribution >= 4 is 53.4 Å². The van der Waals surface area contributed by atoms with Crippen molar-refractivity contribution in [2.24, 2.45) is 11.8 Å². The first kappa shape index (κ1) is 19.7. The van der Waals surface area contributed by atoms with Gasteiger partial charge in [0.2, 0.25) is 0 Å². The third-order valence-corrected chi connectivity index (χ3v) is 6.51. The fraction of sp³-hybridized carbons (Fsp3) is 0.500. The summed E-state index contributed by atoms with van der Waals surface area (Å²) in [5, 5.41) is 8.54. The predicted octanol–water partition coefficient (Wildman–Crippen LogP) is 3.79. The summed E-state index contributed by atoms with van der Waals surface area (Å²) in [5.74, 6) is 1.66. The average Bonchev–Trinajstić information content (AvgIpc) is 3.26. The second kappa shape index (κ2) is 8.63. The largest absolute Gasteiger partial charge is 0.338 e. The number of hydrogen-bond donors (Lipinski definition) is 1. The van der Waals surface area contributed by atoms with E-state index < -0.39 is 0 Å². The van der Waals surface area contributed by atoms with Crippen LogP contribution in [0.1, 0.15) is 22.5 Å². The summed E-state index contributed by atoms with van der Waals surface area (Å²) in [6, 6.07) is 2.05. The highest BCUT2D eigenvalue weighted by atomic mass is 35.5. The number of carbonyl (C=O) groups excluding carboxylic acids is 1. The Hall–Kier alpha value is -0.660. The first-order valence-electron chi connectivity index (χ1n) is 7.79. The molecule has 2 aliphatic heterocycles. The van der Waals surface area contributed by atoms with Crippen LogP contribution in [-0.2, 0) is 0 Å². The maximum Gasteiger partial charge on any atom is 0.265 e. The lowest BCUT2D eigenvalue weighted by molar-refractivity contribution is 0.0763. The van der Waals surface area contributed by atoms with Crippen molar-refractivity contribution in [3.8, 4) is 10.6 Å². The van der Waals surface area contributed by atoms with E-state index in [0.29, 0.717) is 0 Å². The molecule has 132 valence electrons. The number of amides is 1. The molecule has 0 radical (unpaired) electrons. The SMILES string of the molecule is Cl.Cl.O=C(c1cnc(-c2ccsc2)s1)N1CC[C@@H]2CNC[C@@H]2CC1. The van der Waals surface area contributed by atoms with Gasteiger partial charge in [0.15, 0.2) is 0 Å². The van der Waals surface area contributed by atoms with Crippen molar-refractivity contribution in [3.63, 3.8) is 0 Å². The highest BCUT2D eigenvalue weighted by Crippen LogP contribution is 2.30. The van der Waals surface area contributed by atoms with E-state index in [1.165, 1.54) is 11.3 Å². The quantitative estimate of drug-likeness (QED) is 0.826. The number of fused-ring (bicyclic) bond motifs is 1. The molecule has 2 fully saturated rings. The highest BCUT2D eigenvalue weighted by Gasteiger charge is 2.32. The predicted molar refractivity (Wildman–Crippen MR) is 105 cm³/mol. The molecule has 4 heterocycles. The van der Waals surface area contributed by atoms with Crippen molar-refractivity contribution in [1.29, 1.82) is 0 Å². The number of rotatable bonds is 2. The van der Waals surface area contributed by atoms with Crippen LogP contribution in [0.25, 0.3) is 10.6 Å². The lowest BCUT2D eigenvalue weighted by atomic mass is 9.92. The molecular formula is C16H21Cl2N3OS2. The van der Waals surface area contributed by atoms with E-state index in [0.717, 1.165) is 66.3 Å². The number of thiophene rings is 1. The Morgan fingerprint density at radius 1 is 1.21 bits per heavy atom. The summed E-state index contributed by atoms with van der Waals surface area (Å²) in [6.45, 7) is 4.01. The van der Waals surface area contributed by atoms with Crippen molar-refractivity contribution in [2.45, 2.75) is 12.8 Å². The van der Waals surface area contributed by atoms with E-state index in [2.05, 4.69) is 21.7 Å². The monoisotopic (exact) mass is 405 g/mol. The van der Waals surface area contributed by atoms with Gasteiger partial charge in [-0.3, -0.25) is 4.79 Å². The maximum atomic E-state index is 12.7. The van der Waals surface area contributed by atoms with Crippen LogP contribution in [0.4, 0.5) is 0 Å². The van der Waals surface area contributed by atoms with Gasteiger partial charge >= 0.3 is 0 Å². The lowest BCUT2D eigenvalue weighted by Crippen LogP contribution is -2.32. The van der Waals surface area contributed by atoms with Gasteiger partial charge < -0.3 is 10.2 Å². The minimum absolute atomic E-state index is 0. The maximum absolute atomic E-state index is 12.7. The zero-order chi connectivity index (χ0) is 14.9. The van der Waals surface area contributed by atoms with E-state index in [9.17, 15) is 4.79 Å². The number of halogens is 2. The van der Waals surface area contributed by atoms with E-state index in [-0.39, 0.29) is 30.7 Å². The van der Waals surface area contributed by atoms with Gasteiger partial charge in [0.05, 0.1) is 6.20 Å². The van der Waals surface area contributed by atoms with Gasteiger partial charge in [-0.15, -0.1) is 36.2 Å². The standard InChI is InChI=1S/C16H19N3OS2.2ClH/c20-16(14-9-18-15(22-14)13-3-6-21-10-13)19-4-1-11-7-17-8-12(11)2-5-19;;/h3,6,9-12,17H,1-2,4-5,7-8H2;2*1H/t11-,12+;;. The number of thiazole rings is 1. The molecule has 2 aromatic rings. The lowest BCUT2D eigenvalue weighted by Gasteiger charge is -2.19. The first-order chi connectivity index (χ1) is 10.8. The normalized spacial score (nSPS) is 22.9. The fourth-order valence-corrected chi connectivity index (χ4v) is 5.07. The molecule has 0 unspecified atom stereocenters. The smallest absolute Gasteiger partial charge is 0.265 e. The zero-order valence-electron chi connectivity index (χ0n) is 13.1. The Bertz CT molecular complexity index is 648. The Balaban J connectivity index is 0.00000104. The van der Waals surface area contributed by atoms with Gasteiger partial charge in [-0.05, 0) is 49.2 Å². The molecule has 0 aliphatic carbocycles. The van der Waals surface area contributed by atoms with Gasteiger partial charge in [-0.1, -0.05) is 0 Å². The number of nitrogens with one attached hydrogen (secondary N) is 1. The van der Waals surface area contributed by atoms with Gasteiger partial charge in [-0.25, -0.2) is 4.98 Å². The molecule has 4 nitrogen and oxygen atoms in total. The molecule has 0 aromatic carbocycles. The van der Waals surface area contributed by atoms with Crippen molar-refractivity contribution in [2.75, 3.05) is 26.2 Å². The van der Waals surface area contributed by atoms with Crippen LogP contribution in [0.3, 0.4) is 0 Å². The summed E-state index contributed by atoms with van der Waals surface area (Å²) in [4.78, 5) is 20.0. The Morgan fingerprint density at radius 3 is 2.54 bits per heavy atom. The third-order valence-electron chi connectivity index (χ3n) is 4.79. The van der Waals surface area contributed by atoms with Gasteiger partial charge in [0.1, 0.15) is 9.88 Å². The summed E-state index contributed by atoms with van der Waals surface area (Å²) in [5.41, 5.74) is 1.12. The van der Waals surface area contributed by atoms with Crippen LogP contribution in [0, 0.1) is 11.8 Å². The van der Waals surface area contributed by atoms with E-state index >= 15 is 0 Å².